The lowest BCUT2D eigenvalue weighted by Crippen LogP contribution is -2.29. The molecule has 1 amide bonds. The van der Waals surface area contributed by atoms with Gasteiger partial charge in [-0.2, -0.15) is 5.10 Å². The fraction of sp³-hybridized carbons (Fsp3) is 0.250. The first-order chi connectivity index (χ1) is 12.2. The van der Waals surface area contributed by atoms with Gasteiger partial charge in [0.25, 0.3) is 5.91 Å². The van der Waals surface area contributed by atoms with Gasteiger partial charge in [0, 0.05) is 18.9 Å². The lowest BCUT2D eigenvalue weighted by molar-refractivity contribution is 0.0942. The second-order valence-electron chi connectivity index (χ2n) is 6.07. The Kier molecular flexibility index (Phi) is 5.23. The number of carbonyl (C=O) groups excluding carboxylic acids is 1. The molecular weight excluding hydrogens is 312 g/mol. The average molecular weight is 334 g/mol. The first kappa shape index (κ1) is 16.9. The van der Waals surface area contributed by atoms with Gasteiger partial charge in [-0.3, -0.25) is 14.5 Å². The maximum atomic E-state index is 12.7. The number of rotatable bonds is 6. The number of hydrogen-bond donors (Lipinski definition) is 1. The highest BCUT2D eigenvalue weighted by molar-refractivity contribution is 5.94. The van der Waals surface area contributed by atoms with Crippen LogP contribution in [0.5, 0.6) is 0 Å². The van der Waals surface area contributed by atoms with E-state index in [1.165, 1.54) is 0 Å². The predicted octanol–water partition coefficient (Wildman–Crippen LogP) is 3.52. The first-order valence-electron chi connectivity index (χ1n) is 8.48. The van der Waals surface area contributed by atoms with Crippen molar-refractivity contribution in [3.63, 3.8) is 0 Å². The second-order valence-corrected chi connectivity index (χ2v) is 6.07. The molecule has 0 saturated heterocycles. The Morgan fingerprint density at radius 3 is 2.84 bits per heavy atom. The molecule has 3 aromatic rings. The van der Waals surface area contributed by atoms with Crippen LogP contribution in [0.3, 0.4) is 0 Å². The van der Waals surface area contributed by atoms with Crippen molar-refractivity contribution in [2.45, 2.75) is 32.9 Å². The van der Waals surface area contributed by atoms with E-state index in [1.54, 1.807) is 23.3 Å². The summed E-state index contributed by atoms with van der Waals surface area (Å²) in [6, 6.07) is 13.5. The largest absolute Gasteiger partial charge is 0.339 e. The van der Waals surface area contributed by atoms with Crippen molar-refractivity contribution >= 4 is 5.91 Å². The normalized spacial score (nSPS) is 11.9. The Bertz CT molecular complexity index is 842. The zero-order valence-electron chi connectivity index (χ0n) is 14.5. The summed E-state index contributed by atoms with van der Waals surface area (Å²) in [5, 5.41) is 7.33. The maximum Gasteiger partial charge on any atom is 0.255 e. The van der Waals surface area contributed by atoms with Crippen molar-refractivity contribution in [2.75, 3.05) is 0 Å². The Labute approximate surface area is 147 Å². The third kappa shape index (κ3) is 4.12. The molecule has 2 aromatic heterocycles. The Hall–Kier alpha value is -2.95. The SMILES string of the molecule is CCCn1cc(C(=O)N[C@@H](c2cccc(C)c2)c2ccccn2)cn1. The zero-order chi connectivity index (χ0) is 17.6. The molecule has 0 aliphatic carbocycles. The highest BCUT2D eigenvalue weighted by atomic mass is 16.1. The quantitative estimate of drug-likeness (QED) is 0.750. The number of carbonyl (C=O) groups is 1. The molecular formula is C20H22N4O. The summed E-state index contributed by atoms with van der Waals surface area (Å²) in [5.41, 5.74) is 3.51. The average Bonchev–Trinajstić information content (AvgIpc) is 3.09. The minimum absolute atomic E-state index is 0.153. The number of nitrogens with zero attached hydrogens (tertiary/aromatic N) is 3. The van der Waals surface area contributed by atoms with Crippen LogP contribution in [-0.2, 0) is 6.54 Å². The number of aryl methyl sites for hydroxylation is 2. The summed E-state index contributed by atoms with van der Waals surface area (Å²) in [4.78, 5) is 17.1. The van der Waals surface area contributed by atoms with Crippen molar-refractivity contribution in [1.82, 2.24) is 20.1 Å². The van der Waals surface area contributed by atoms with Gasteiger partial charge in [0.15, 0.2) is 0 Å². The third-order valence-electron chi connectivity index (χ3n) is 3.98. The van der Waals surface area contributed by atoms with E-state index in [0.717, 1.165) is 29.8 Å². The van der Waals surface area contributed by atoms with E-state index in [0.29, 0.717) is 5.56 Å². The number of benzene rings is 1. The summed E-state index contributed by atoms with van der Waals surface area (Å²) in [6.07, 6.45) is 6.10. The summed E-state index contributed by atoms with van der Waals surface area (Å²) in [7, 11) is 0. The van der Waals surface area contributed by atoms with E-state index in [4.69, 9.17) is 0 Å². The number of aromatic nitrogens is 3. The highest BCUT2D eigenvalue weighted by Gasteiger charge is 2.20. The van der Waals surface area contributed by atoms with Crippen molar-refractivity contribution in [3.8, 4) is 0 Å². The minimum Gasteiger partial charge on any atom is -0.339 e. The summed E-state index contributed by atoms with van der Waals surface area (Å²) in [5.74, 6) is -0.153. The zero-order valence-corrected chi connectivity index (χ0v) is 14.5. The summed E-state index contributed by atoms with van der Waals surface area (Å²) >= 11 is 0. The van der Waals surface area contributed by atoms with Gasteiger partial charge in [-0.05, 0) is 31.0 Å². The molecule has 1 aromatic carbocycles. The molecule has 1 atom stereocenters. The van der Waals surface area contributed by atoms with Crippen molar-refractivity contribution in [2.24, 2.45) is 0 Å². The van der Waals surface area contributed by atoms with Gasteiger partial charge in [0.2, 0.25) is 0 Å². The lowest BCUT2D eigenvalue weighted by atomic mass is 10.0. The van der Waals surface area contributed by atoms with Gasteiger partial charge in [0.05, 0.1) is 23.5 Å². The molecule has 5 nitrogen and oxygen atoms in total. The molecule has 0 aliphatic heterocycles. The second kappa shape index (κ2) is 7.75. The Balaban J connectivity index is 1.88. The molecule has 0 saturated carbocycles. The first-order valence-corrected chi connectivity index (χ1v) is 8.48. The van der Waals surface area contributed by atoms with Crippen LogP contribution in [0.4, 0.5) is 0 Å². The van der Waals surface area contributed by atoms with Crippen LogP contribution in [0, 0.1) is 6.92 Å². The minimum atomic E-state index is -0.303. The highest BCUT2D eigenvalue weighted by Crippen LogP contribution is 2.21. The van der Waals surface area contributed by atoms with Crippen molar-refractivity contribution in [1.29, 1.82) is 0 Å². The number of nitrogens with one attached hydrogen (secondary N) is 1. The van der Waals surface area contributed by atoms with Crippen LogP contribution in [-0.4, -0.2) is 20.7 Å². The monoisotopic (exact) mass is 334 g/mol. The van der Waals surface area contributed by atoms with Gasteiger partial charge in [0.1, 0.15) is 0 Å². The summed E-state index contributed by atoms with van der Waals surface area (Å²) < 4.78 is 1.79. The van der Waals surface area contributed by atoms with E-state index in [2.05, 4.69) is 28.4 Å². The molecule has 0 fully saturated rings. The molecule has 0 spiro atoms. The van der Waals surface area contributed by atoms with Gasteiger partial charge in [-0.1, -0.05) is 42.8 Å². The number of amides is 1. The van der Waals surface area contributed by atoms with Gasteiger partial charge in [-0.15, -0.1) is 0 Å². The van der Waals surface area contributed by atoms with E-state index in [9.17, 15) is 4.79 Å². The van der Waals surface area contributed by atoms with Crippen LogP contribution >= 0.6 is 0 Å². The van der Waals surface area contributed by atoms with E-state index in [-0.39, 0.29) is 11.9 Å². The standard InChI is InChI=1S/C20H22N4O/c1-3-11-24-14-17(13-22-24)20(25)23-19(18-9-4-5-10-21-18)16-8-6-7-15(2)12-16/h4-10,12-14,19H,3,11H2,1-2H3,(H,23,25)/t19-/m0/s1. The molecule has 5 heteroatoms. The number of hydrogen-bond acceptors (Lipinski definition) is 3. The molecule has 0 unspecified atom stereocenters. The topological polar surface area (TPSA) is 59.8 Å². The number of pyridine rings is 1. The van der Waals surface area contributed by atoms with Gasteiger partial charge >= 0.3 is 0 Å². The van der Waals surface area contributed by atoms with E-state index < -0.39 is 0 Å². The molecule has 0 bridgehead atoms. The molecule has 3 rings (SSSR count). The molecule has 128 valence electrons. The van der Waals surface area contributed by atoms with E-state index >= 15 is 0 Å². The molecule has 0 aliphatic rings. The maximum absolute atomic E-state index is 12.7. The molecule has 2 heterocycles. The molecule has 25 heavy (non-hydrogen) atoms. The van der Waals surface area contributed by atoms with Crippen LogP contribution < -0.4 is 5.32 Å². The van der Waals surface area contributed by atoms with Crippen LogP contribution in [0.15, 0.2) is 61.1 Å². The molecule has 1 N–H and O–H groups in total. The Morgan fingerprint density at radius 2 is 2.12 bits per heavy atom. The van der Waals surface area contributed by atoms with Gasteiger partial charge in [-0.25, -0.2) is 0 Å². The fourth-order valence-corrected chi connectivity index (χ4v) is 2.77. The summed E-state index contributed by atoms with van der Waals surface area (Å²) in [6.45, 7) is 4.92. The third-order valence-corrected chi connectivity index (χ3v) is 3.98. The van der Waals surface area contributed by atoms with Crippen molar-refractivity contribution in [3.05, 3.63) is 83.4 Å². The molecule has 0 radical (unpaired) electrons. The predicted molar refractivity (Wildman–Crippen MR) is 97.2 cm³/mol. The lowest BCUT2D eigenvalue weighted by Gasteiger charge is -2.19. The Morgan fingerprint density at radius 1 is 1.24 bits per heavy atom. The van der Waals surface area contributed by atoms with Gasteiger partial charge < -0.3 is 5.32 Å². The van der Waals surface area contributed by atoms with Crippen molar-refractivity contribution < 1.29 is 4.79 Å². The smallest absolute Gasteiger partial charge is 0.255 e. The van der Waals surface area contributed by atoms with Crippen LogP contribution in [0.25, 0.3) is 0 Å². The van der Waals surface area contributed by atoms with Crippen LogP contribution in [0.1, 0.15) is 46.6 Å². The van der Waals surface area contributed by atoms with Crippen LogP contribution in [0.2, 0.25) is 0 Å². The van der Waals surface area contributed by atoms with E-state index in [1.807, 2.05) is 43.3 Å². The fourth-order valence-electron chi connectivity index (χ4n) is 2.77.